The second kappa shape index (κ2) is 3.89. The Morgan fingerprint density at radius 3 is 2.69 bits per heavy atom. The lowest BCUT2D eigenvalue weighted by Crippen LogP contribution is -1.92. The van der Waals surface area contributed by atoms with E-state index in [2.05, 4.69) is 0 Å². The fraction of sp³-hybridized carbons (Fsp3) is 0. The van der Waals surface area contributed by atoms with E-state index >= 15 is 0 Å². The number of hydrogen-bond acceptors (Lipinski definition) is 3. The zero-order valence-corrected chi connectivity index (χ0v) is 9.03. The summed E-state index contributed by atoms with van der Waals surface area (Å²) in [6.07, 6.45) is 0. The Morgan fingerprint density at radius 2 is 2.23 bits per heavy atom. The molecule has 0 aliphatic rings. The van der Waals surface area contributed by atoms with E-state index in [9.17, 15) is 10.1 Å². The number of hydrogen-bond donors (Lipinski definition) is 0. The van der Waals surface area contributed by atoms with E-state index in [4.69, 9.17) is 16.9 Å². The van der Waals surface area contributed by atoms with Crippen LogP contribution in [0.2, 0.25) is 5.02 Å². The monoisotopic (exact) mass is 308 g/mol. The summed E-state index contributed by atoms with van der Waals surface area (Å²) in [5, 5.41) is 19.1. The van der Waals surface area contributed by atoms with Crippen molar-refractivity contribution < 1.29 is 4.92 Å². The number of benzene rings is 1. The molecule has 0 amide bonds. The summed E-state index contributed by atoms with van der Waals surface area (Å²) in [4.78, 5) is 9.84. The van der Waals surface area contributed by atoms with Gasteiger partial charge >= 0.3 is 0 Å². The quantitative estimate of drug-likeness (QED) is 0.455. The molecule has 0 fully saturated rings. The highest BCUT2D eigenvalue weighted by Gasteiger charge is 2.16. The van der Waals surface area contributed by atoms with Crippen LogP contribution in [0.3, 0.4) is 0 Å². The van der Waals surface area contributed by atoms with Gasteiger partial charge in [0.25, 0.3) is 5.69 Å². The van der Waals surface area contributed by atoms with Gasteiger partial charge in [0.2, 0.25) is 0 Å². The van der Waals surface area contributed by atoms with E-state index in [-0.39, 0.29) is 16.3 Å². The first-order valence-corrected chi connectivity index (χ1v) is 4.55. The number of nitro benzene ring substituents is 1. The van der Waals surface area contributed by atoms with Crippen LogP contribution in [0.1, 0.15) is 5.56 Å². The van der Waals surface area contributed by atoms with Gasteiger partial charge < -0.3 is 0 Å². The van der Waals surface area contributed by atoms with Crippen LogP contribution in [0.4, 0.5) is 5.69 Å². The van der Waals surface area contributed by atoms with Crippen molar-refractivity contribution in [3.63, 3.8) is 0 Å². The van der Waals surface area contributed by atoms with Crippen molar-refractivity contribution in [1.82, 2.24) is 0 Å². The molecular formula is C7H2ClIN2O2. The maximum absolute atomic E-state index is 10.5. The Hall–Kier alpha value is -0.870. The van der Waals surface area contributed by atoms with E-state index < -0.39 is 4.92 Å². The van der Waals surface area contributed by atoms with Crippen molar-refractivity contribution >= 4 is 39.9 Å². The molecule has 66 valence electrons. The third kappa shape index (κ3) is 2.08. The maximum Gasteiger partial charge on any atom is 0.290 e. The SMILES string of the molecule is N#Cc1cc(I)c(Cl)c([N+](=O)[O-])c1. The first-order chi connectivity index (χ1) is 6.06. The van der Waals surface area contributed by atoms with Crippen LogP contribution in [-0.4, -0.2) is 4.92 Å². The first-order valence-electron chi connectivity index (χ1n) is 3.10. The lowest BCUT2D eigenvalue weighted by Gasteiger charge is -1.97. The van der Waals surface area contributed by atoms with Crippen LogP contribution in [-0.2, 0) is 0 Å². The van der Waals surface area contributed by atoms with E-state index in [1.807, 2.05) is 28.7 Å². The molecular weight excluding hydrogens is 306 g/mol. The van der Waals surface area contributed by atoms with Crippen LogP contribution in [0, 0.1) is 25.0 Å². The van der Waals surface area contributed by atoms with Gasteiger partial charge in [-0.25, -0.2) is 0 Å². The molecule has 0 aliphatic carbocycles. The lowest BCUT2D eigenvalue weighted by molar-refractivity contribution is -0.384. The summed E-state index contributed by atoms with van der Waals surface area (Å²) >= 11 is 7.50. The highest BCUT2D eigenvalue weighted by molar-refractivity contribution is 14.1. The predicted molar refractivity (Wildman–Crippen MR) is 55.5 cm³/mol. The molecule has 0 unspecified atom stereocenters. The molecule has 0 heterocycles. The van der Waals surface area contributed by atoms with Gasteiger partial charge in [-0.1, -0.05) is 11.6 Å². The van der Waals surface area contributed by atoms with E-state index in [0.717, 1.165) is 6.07 Å². The largest absolute Gasteiger partial charge is 0.290 e. The van der Waals surface area contributed by atoms with E-state index in [1.165, 1.54) is 6.07 Å². The van der Waals surface area contributed by atoms with Crippen molar-refractivity contribution in [2.24, 2.45) is 0 Å². The summed E-state index contributed by atoms with van der Waals surface area (Å²) < 4.78 is 0.505. The van der Waals surface area contributed by atoms with Gasteiger partial charge in [-0.3, -0.25) is 10.1 Å². The predicted octanol–water partition coefficient (Wildman–Crippen LogP) is 2.72. The molecule has 0 radical (unpaired) electrons. The normalized spacial score (nSPS) is 9.31. The number of nitro groups is 1. The Kier molecular flexibility index (Phi) is 3.06. The molecule has 1 aromatic carbocycles. The zero-order valence-electron chi connectivity index (χ0n) is 6.12. The van der Waals surface area contributed by atoms with Gasteiger partial charge in [0.05, 0.1) is 16.6 Å². The Morgan fingerprint density at radius 1 is 1.62 bits per heavy atom. The second-order valence-electron chi connectivity index (χ2n) is 2.16. The summed E-state index contributed by atoms with van der Waals surface area (Å²) in [7, 11) is 0. The maximum atomic E-state index is 10.5. The summed E-state index contributed by atoms with van der Waals surface area (Å²) in [5.74, 6) is 0. The molecule has 0 aliphatic heterocycles. The summed E-state index contributed by atoms with van der Waals surface area (Å²) in [5.41, 5.74) is 0.00520. The highest BCUT2D eigenvalue weighted by atomic mass is 127. The molecule has 0 spiro atoms. The van der Waals surface area contributed by atoms with Crippen molar-refractivity contribution in [3.05, 3.63) is 36.4 Å². The zero-order chi connectivity index (χ0) is 10.0. The molecule has 0 saturated heterocycles. The van der Waals surface area contributed by atoms with Crippen LogP contribution < -0.4 is 0 Å². The van der Waals surface area contributed by atoms with Crippen LogP contribution in [0.25, 0.3) is 0 Å². The van der Waals surface area contributed by atoms with E-state index in [1.54, 1.807) is 0 Å². The van der Waals surface area contributed by atoms with Crippen molar-refractivity contribution in [2.45, 2.75) is 0 Å². The molecule has 1 rings (SSSR count). The minimum Gasteiger partial charge on any atom is -0.258 e. The Bertz CT molecular complexity index is 414. The topological polar surface area (TPSA) is 66.9 Å². The second-order valence-corrected chi connectivity index (χ2v) is 3.70. The van der Waals surface area contributed by atoms with Crippen molar-refractivity contribution in [1.29, 1.82) is 5.26 Å². The van der Waals surface area contributed by atoms with Gasteiger partial charge in [0.15, 0.2) is 0 Å². The molecule has 0 saturated carbocycles. The van der Waals surface area contributed by atoms with Crippen molar-refractivity contribution in [2.75, 3.05) is 0 Å². The lowest BCUT2D eigenvalue weighted by atomic mass is 10.2. The van der Waals surface area contributed by atoms with Crippen LogP contribution >= 0.6 is 34.2 Å². The third-order valence-electron chi connectivity index (χ3n) is 1.33. The van der Waals surface area contributed by atoms with Gasteiger partial charge in [0, 0.05) is 9.64 Å². The average molecular weight is 308 g/mol. The van der Waals surface area contributed by atoms with Crippen molar-refractivity contribution in [3.8, 4) is 6.07 Å². The standard InChI is InChI=1S/C7H2ClIN2O2/c8-7-5(9)1-4(3-10)2-6(7)11(12)13/h1-2H. The Balaban J connectivity index is 3.44. The van der Waals surface area contributed by atoms with Gasteiger partial charge in [-0.15, -0.1) is 0 Å². The average Bonchev–Trinajstić information content (AvgIpc) is 2.09. The molecule has 6 heteroatoms. The van der Waals surface area contributed by atoms with Gasteiger partial charge in [0.1, 0.15) is 5.02 Å². The number of nitriles is 1. The minimum atomic E-state index is -0.606. The first kappa shape index (κ1) is 10.2. The smallest absolute Gasteiger partial charge is 0.258 e. The summed E-state index contributed by atoms with van der Waals surface area (Å²) in [6, 6.07) is 4.48. The minimum absolute atomic E-state index is 0.0737. The molecule has 1 aromatic rings. The fourth-order valence-electron chi connectivity index (χ4n) is 0.772. The number of rotatable bonds is 1. The third-order valence-corrected chi connectivity index (χ3v) is 2.90. The molecule has 0 bridgehead atoms. The number of halogens is 2. The van der Waals surface area contributed by atoms with Gasteiger partial charge in [-0.2, -0.15) is 5.26 Å². The van der Waals surface area contributed by atoms with E-state index in [0.29, 0.717) is 3.57 Å². The molecule has 0 aromatic heterocycles. The molecule has 13 heavy (non-hydrogen) atoms. The highest BCUT2D eigenvalue weighted by Crippen LogP contribution is 2.30. The summed E-state index contributed by atoms with van der Waals surface area (Å²) in [6.45, 7) is 0. The number of nitrogens with zero attached hydrogens (tertiary/aromatic N) is 2. The fourth-order valence-corrected chi connectivity index (χ4v) is 1.56. The van der Waals surface area contributed by atoms with Gasteiger partial charge in [-0.05, 0) is 28.7 Å². The molecule has 0 atom stereocenters. The van der Waals surface area contributed by atoms with Crippen LogP contribution in [0.5, 0.6) is 0 Å². The Labute approximate surface area is 92.4 Å². The van der Waals surface area contributed by atoms with Crippen LogP contribution in [0.15, 0.2) is 12.1 Å². The molecule has 0 N–H and O–H groups in total. The molecule has 4 nitrogen and oxygen atoms in total.